The van der Waals surface area contributed by atoms with Gasteiger partial charge in [0.2, 0.25) is 0 Å². The van der Waals surface area contributed by atoms with Crippen LogP contribution in [0.4, 0.5) is 8.78 Å². The molecule has 1 amide bonds. The predicted octanol–water partition coefficient (Wildman–Crippen LogP) is 1.41. The van der Waals surface area contributed by atoms with Gasteiger partial charge in [-0.15, -0.1) is 0 Å². The highest BCUT2D eigenvalue weighted by molar-refractivity contribution is 5.82. The van der Waals surface area contributed by atoms with Gasteiger partial charge in [-0.3, -0.25) is 4.79 Å². The third-order valence-corrected chi connectivity index (χ3v) is 0.626. The standard InChI is InChI=1S/C4H7F2NO.C2H6/c1-4(5,6)3(8)7-2;1-2/h1-2H3,(H,7,8);1-2H3. The molecule has 0 aliphatic rings. The molecule has 0 aromatic heterocycles. The van der Waals surface area contributed by atoms with E-state index in [0.717, 1.165) is 0 Å². The molecule has 0 aromatic carbocycles. The maximum Gasteiger partial charge on any atom is 0.321 e. The van der Waals surface area contributed by atoms with Gasteiger partial charge in [0.05, 0.1) is 0 Å². The van der Waals surface area contributed by atoms with Crippen LogP contribution < -0.4 is 5.32 Å². The van der Waals surface area contributed by atoms with Crippen molar-refractivity contribution in [1.29, 1.82) is 0 Å². The number of hydrogen-bond donors (Lipinski definition) is 1. The third-order valence-electron chi connectivity index (χ3n) is 0.626. The number of carbonyl (C=O) groups excluding carboxylic acids is 1. The van der Waals surface area contributed by atoms with Crippen LogP contribution in [0, 0.1) is 0 Å². The molecular formula is C6H13F2NO. The van der Waals surface area contributed by atoms with Gasteiger partial charge in [0, 0.05) is 14.0 Å². The fraction of sp³-hybridized carbons (Fsp3) is 0.833. The van der Waals surface area contributed by atoms with E-state index in [1.165, 1.54) is 7.05 Å². The number of nitrogens with one attached hydrogen (secondary N) is 1. The smallest absolute Gasteiger partial charge is 0.321 e. The zero-order valence-corrected chi connectivity index (χ0v) is 6.66. The lowest BCUT2D eigenvalue weighted by Crippen LogP contribution is -2.34. The molecule has 0 aliphatic heterocycles. The van der Waals surface area contributed by atoms with E-state index in [9.17, 15) is 13.6 Å². The molecule has 0 saturated carbocycles. The van der Waals surface area contributed by atoms with Crippen molar-refractivity contribution < 1.29 is 13.6 Å². The van der Waals surface area contributed by atoms with E-state index < -0.39 is 11.8 Å². The Kier molecular flexibility index (Phi) is 6.20. The van der Waals surface area contributed by atoms with Crippen molar-refractivity contribution in [2.24, 2.45) is 0 Å². The monoisotopic (exact) mass is 153 g/mol. The lowest BCUT2D eigenvalue weighted by Gasteiger charge is -2.05. The quantitative estimate of drug-likeness (QED) is 0.606. The van der Waals surface area contributed by atoms with Gasteiger partial charge in [-0.25, -0.2) is 0 Å². The summed E-state index contributed by atoms with van der Waals surface area (Å²) in [6.45, 7) is 4.55. The van der Waals surface area contributed by atoms with Crippen molar-refractivity contribution in [3.8, 4) is 0 Å². The van der Waals surface area contributed by atoms with Gasteiger partial charge in [-0.05, 0) is 0 Å². The molecule has 0 aliphatic carbocycles. The van der Waals surface area contributed by atoms with Gasteiger partial charge in [-0.2, -0.15) is 8.78 Å². The zero-order chi connectivity index (χ0) is 8.78. The van der Waals surface area contributed by atoms with E-state index in [1.54, 1.807) is 0 Å². The van der Waals surface area contributed by atoms with Gasteiger partial charge < -0.3 is 5.32 Å². The molecule has 0 heterocycles. The molecule has 4 heteroatoms. The van der Waals surface area contributed by atoms with Crippen LogP contribution >= 0.6 is 0 Å². The number of carbonyl (C=O) groups is 1. The molecule has 0 fully saturated rings. The Morgan fingerprint density at radius 2 is 1.70 bits per heavy atom. The van der Waals surface area contributed by atoms with Crippen molar-refractivity contribution in [2.45, 2.75) is 26.7 Å². The van der Waals surface area contributed by atoms with Crippen LogP contribution in [0.2, 0.25) is 0 Å². The topological polar surface area (TPSA) is 29.1 Å². The van der Waals surface area contributed by atoms with Crippen molar-refractivity contribution >= 4 is 5.91 Å². The van der Waals surface area contributed by atoms with Gasteiger partial charge in [-0.1, -0.05) is 13.8 Å². The molecule has 0 rings (SSSR count). The summed E-state index contributed by atoms with van der Waals surface area (Å²) in [4.78, 5) is 9.97. The Hall–Kier alpha value is -0.670. The van der Waals surface area contributed by atoms with Gasteiger partial charge >= 0.3 is 5.92 Å². The van der Waals surface area contributed by atoms with E-state index in [-0.39, 0.29) is 0 Å². The molecule has 10 heavy (non-hydrogen) atoms. The Bertz CT molecular complexity index is 98.4. The van der Waals surface area contributed by atoms with Crippen molar-refractivity contribution in [1.82, 2.24) is 5.32 Å². The van der Waals surface area contributed by atoms with Gasteiger partial charge in [0.15, 0.2) is 0 Å². The summed E-state index contributed by atoms with van der Waals surface area (Å²) in [5.74, 6) is -4.49. The maximum atomic E-state index is 11.7. The van der Waals surface area contributed by atoms with Crippen LogP contribution in [0.1, 0.15) is 20.8 Å². The number of halogens is 2. The first-order chi connectivity index (χ1) is 4.48. The molecule has 1 N–H and O–H groups in total. The van der Waals surface area contributed by atoms with Crippen molar-refractivity contribution in [3.63, 3.8) is 0 Å². The molecule has 0 saturated heterocycles. The third kappa shape index (κ3) is 5.47. The van der Waals surface area contributed by atoms with Crippen LogP contribution in [0.3, 0.4) is 0 Å². The molecule has 0 spiro atoms. The number of rotatable bonds is 1. The average molecular weight is 153 g/mol. The summed E-state index contributed by atoms with van der Waals surface area (Å²) in [5, 5.41) is 1.82. The maximum absolute atomic E-state index is 11.7. The first-order valence-electron chi connectivity index (χ1n) is 3.08. The Morgan fingerprint density at radius 1 is 1.40 bits per heavy atom. The number of alkyl halides is 2. The van der Waals surface area contributed by atoms with Crippen molar-refractivity contribution in [2.75, 3.05) is 7.05 Å². The van der Waals surface area contributed by atoms with Crippen LogP contribution in [0.15, 0.2) is 0 Å². The Balaban J connectivity index is 0. The summed E-state index contributed by atoms with van der Waals surface area (Å²) < 4.78 is 23.4. The highest BCUT2D eigenvalue weighted by atomic mass is 19.3. The second-order valence-corrected chi connectivity index (χ2v) is 1.47. The van der Waals surface area contributed by atoms with Gasteiger partial charge in [0.25, 0.3) is 5.91 Å². The summed E-state index contributed by atoms with van der Waals surface area (Å²) >= 11 is 0. The SMILES string of the molecule is CC.CNC(=O)C(C)(F)F. The van der Waals surface area contributed by atoms with Crippen LogP contribution in [-0.2, 0) is 4.79 Å². The fourth-order valence-corrected chi connectivity index (χ4v) is 0.219. The Labute approximate surface area is 59.6 Å². The highest BCUT2D eigenvalue weighted by Crippen LogP contribution is 2.09. The highest BCUT2D eigenvalue weighted by Gasteiger charge is 2.30. The summed E-state index contributed by atoms with van der Waals surface area (Å²) in [6, 6.07) is 0. The van der Waals surface area contributed by atoms with Crippen LogP contribution in [0.25, 0.3) is 0 Å². The number of hydrogen-bond acceptors (Lipinski definition) is 1. The van der Waals surface area contributed by atoms with Gasteiger partial charge in [0.1, 0.15) is 0 Å². The Morgan fingerprint density at radius 3 is 1.70 bits per heavy atom. The summed E-state index contributed by atoms with van der Waals surface area (Å²) in [5.41, 5.74) is 0. The normalized spacial score (nSPS) is 9.40. The lowest BCUT2D eigenvalue weighted by atomic mass is 10.4. The first kappa shape index (κ1) is 12.0. The minimum atomic E-state index is -3.24. The molecule has 62 valence electrons. The summed E-state index contributed by atoms with van der Waals surface area (Å²) in [6.07, 6.45) is 0. The van der Waals surface area contributed by atoms with E-state index in [1.807, 2.05) is 19.2 Å². The van der Waals surface area contributed by atoms with E-state index >= 15 is 0 Å². The molecule has 0 aromatic rings. The lowest BCUT2D eigenvalue weighted by molar-refractivity contribution is -0.142. The average Bonchev–Trinajstić information content (AvgIpc) is 1.89. The fourth-order valence-electron chi connectivity index (χ4n) is 0.219. The van der Waals surface area contributed by atoms with Crippen molar-refractivity contribution in [3.05, 3.63) is 0 Å². The second kappa shape index (κ2) is 5.14. The van der Waals surface area contributed by atoms with E-state index in [0.29, 0.717) is 6.92 Å². The van der Waals surface area contributed by atoms with Crippen LogP contribution in [0.5, 0.6) is 0 Å². The number of amides is 1. The second-order valence-electron chi connectivity index (χ2n) is 1.47. The van der Waals surface area contributed by atoms with E-state index in [4.69, 9.17) is 0 Å². The van der Waals surface area contributed by atoms with Crippen LogP contribution in [-0.4, -0.2) is 18.9 Å². The molecule has 0 atom stereocenters. The molecular weight excluding hydrogens is 140 g/mol. The van der Waals surface area contributed by atoms with E-state index in [2.05, 4.69) is 0 Å². The zero-order valence-electron chi connectivity index (χ0n) is 6.66. The molecule has 2 nitrogen and oxygen atoms in total. The molecule has 0 bridgehead atoms. The predicted molar refractivity (Wildman–Crippen MR) is 36.0 cm³/mol. The summed E-state index contributed by atoms with van der Waals surface area (Å²) in [7, 11) is 1.17. The molecule has 0 unspecified atom stereocenters. The minimum Gasteiger partial charge on any atom is -0.354 e. The first-order valence-corrected chi connectivity index (χ1v) is 3.08. The minimum absolute atomic E-state index is 0.547. The largest absolute Gasteiger partial charge is 0.354 e. The molecule has 0 radical (unpaired) electrons.